The van der Waals surface area contributed by atoms with Gasteiger partial charge in [0.2, 0.25) is 0 Å². The minimum Gasteiger partial charge on any atom is -0.406 e. The molecule has 4 aromatic rings. The van der Waals surface area contributed by atoms with E-state index >= 15 is 0 Å². The van der Waals surface area contributed by atoms with Crippen molar-refractivity contribution in [2.24, 2.45) is 0 Å². The highest BCUT2D eigenvalue weighted by molar-refractivity contribution is 7.80. The van der Waals surface area contributed by atoms with Crippen LogP contribution in [0.1, 0.15) is 36.5 Å². The molecule has 2 amide bonds. The number of urea groups is 1. The van der Waals surface area contributed by atoms with E-state index in [2.05, 4.69) is 49.8 Å². The summed E-state index contributed by atoms with van der Waals surface area (Å²) in [5.41, 5.74) is 5.40. The molecule has 3 aromatic carbocycles. The molecule has 42 heavy (non-hydrogen) atoms. The molecule has 0 aliphatic heterocycles. The van der Waals surface area contributed by atoms with E-state index in [4.69, 9.17) is 12.2 Å². The molecule has 0 unspecified atom stereocenters. The number of ether oxygens (including phenoxy) is 1. The predicted molar refractivity (Wildman–Crippen MR) is 160 cm³/mol. The molecular weight excluding hydrogens is 565 g/mol. The summed E-state index contributed by atoms with van der Waals surface area (Å²) in [7, 11) is 0. The number of aromatic nitrogens is 3. The lowest BCUT2D eigenvalue weighted by Crippen LogP contribution is -2.42. The SMILES string of the molecule is CCCCc1ccc(C)cc1NC(=S)NC(=O)NCCc1cccc(-c2ncn(-c3ccc(OC(F)(F)F)cc3)n2)c1. The number of hydrogen-bond acceptors (Lipinski definition) is 5. The number of anilines is 1. The van der Waals surface area contributed by atoms with Gasteiger partial charge < -0.3 is 15.4 Å². The fourth-order valence-corrected chi connectivity index (χ4v) is 4.40. The van der Waals surface area contributed by atoms with Gasteiger partial charge in [0.1, 0.15) is 12.1 Å². The molecule has 0 saturated heterocycles. The third kappa shape index (κ3) is 9.03. The zero-order chi connectivity index (χ0) is 30.1. The molecule has 1 heterocycles. The molecule has 0 atom stereocenters. The number of amides is 2. The maximum Gasteiger partial charge on any atom is 0.573 e. The van der Waals surface area contributed by atoms with Gasteiger partial charge in [0.25, 0.3) is 0 Å². The Morgan fingerprint density at radius 2 is 1.83 bits per heavy atom. The molecule has 3 N–H and O–H groups in total. The molecule has 8 nitrogen and oxygen atoms in total. The number of alkyl halides is 3. The van der Waals surface area contributed by atoms with Gasteiger partial charge in [-0.3, -0.25) is 5.32 Å². The van der Waals surface area contributed by atoms with Gasteiger partial charge in [-0.15, -0.1) is 18.3 Å². The van der Waals surface area contributed by atoms with Crippen molar-refractivity contribution in [2.75, 3.05) is 11.9 Å². The van der Waals surface area contributed by atoms with E-state index in [9.17, 15) is 18.0 Å². The number of nitrogens with one attached hydrogen (secondary N) is 3. The Morgan fingerprint density at radius 3 is 2.57 bits per heavy atom. The van der Waals surface area contributed by atoms with Crippen LogP contribution in [-0.4, -0.2) is 38.8 Å². The number of thiocarbonyl (C=S) groups is 1. The molecule has 12 heteroatoms. The van der Waals surface area contributed by atoms with Gasteiger partial charge in [-0.1, -0.05) is 43.7 Å². The summed E-state index contributed by atoms with van der Waals surface area (Å²) < 4.78 is 42.6. The second-order valence-electron chi connectivity index (χ2n) is 9.60. The number of halogens is 3. The first-order valence-corrected chi connectivity index (χ1v) is 13.8. The van der Waals surface area contributed by atoms with Crippen LogP contribution in [-0.2, 0) is 12.8 Å². The number of carbonyl (C=O) groups is 1. The number of unbranched alkanes of at least 4 members (excludes halogenated alkanes) is 1. The van der Waals surface area contributed by atoms with Crippen LogP contribution in [0.4, 0.5) is 23.7 Å². The Balaban J connectivity index is 1.28. The van der Waals surface area contributed by atoms with Crippen molar-refractivity contribution in [2.45, 2.75) is 45.9 Å². The zero-order valence-electron chi connectivity index (χ0n) is 23.2. The van der Waals surface area contributed by atoms with Crippen LogP contribution in [0.2, 0.25) is 0 Å². The van der Waals surface area contributed by atoms with E-state index in [1.54, 1.807) is 0 Å². The average molecular weight is 597 g/mol. The molecule has 4 rings (SSSR count). The van der Waals surface area contributed by atoms with E-state index in [0.717, 1.165) is 47.2 Å². The molecule has 1 aromatic heterocycles. The van der Waals surface area contributed by atoms with Crippen molar-refractivity contribution in [1.29, 1.82) is 0 Å². The summed E-state index contributed by atoms with van der Waals surface area (Å²) in [6.45, 7) is 4.52. The summed E-state index contributed by atoms with van der Waals surface area (Å²) >= 11 is 5.36. The number of aryl methyl sites for hydroxylation is 2. The highest BCUT2D eigenvalue weighted by Crippen LogP contribution is 2.24. The molecule has 0 aliphatic carbocycles. The summed E-state index contributed by atoms with van der Waals surface area (Å²) in [5, 5.41) is 13.3. The molecule has 0 saturated carbocycles. The molecule has 0 aliphatic rings. The average Bonchev–Trinajstić information content (AvgIpc) is 3.43. The maximum atomic E-state index is 12.4. The van der Waals surface area contributed by atoms with Gasteiger partial charge >= 0.3 is 12.4 Å². The third-order valence-electron chi connectivity index (χ3n) is 6.25. The molecule has 0 bridgehead atoms. The van der Waals surface area contributed by atoms with E-state index in [0.29, 0.717) is 24.5 Å². The van der Waals surface area contributed by atoms with Crippen LogP contribution < -0.4 is 20.7 Å². The second-order valence-corrected chi connectivity index (χ2v) is 10.0. The molecular formula is C30H31F3N6O2S. The Hall–Kier alpha value is -4.45. The largest absolute Gasteiger partial charge is 0.573 e. The second kappa shape index (κ2) is 13.9. The van der Waals surface area contributed by atoms with Crippen molar-refractivity contribution in [3.05, 3.63) is 89.7 Å². The Morgan fingerprint density at radius 1 is 1.05 bits per heavy atom. The Kier molecular flexibility index (Phi) is 10.1. The van der Waals surface area contributed by atoms with Crippen LogP contribution in [0, 0.1) is 6.92 Å². The monoisotopic (exact) mass is 596 g/mol. The summed E-state index contributed by atoms with van der Waals surface area (Å²) in [6, 6.07) is 18.7. The lowest BCUT2D eigenvalue weighted by atomic mass is 10.0. The maximum absolute atomic E-state index is 12.4. The minimum absolute atomic E-state index is 0.224. The number of hydrogen-bond donors (Lipinski definition) is 3. The van der Waals surface area contributed by atoms with E-state index in [1.165, 1.54) is 35.3 Å². The van der Waals surface area contributed by atoms with E-state index in [-0.39, 0.29) is 10.9 Å². The predicted octanol–water partition coefficient (Wildman–Crippen LogP) is 6.72. The van der Waals surface area contributed by atoms with Gasteiger partial charge in [-0.2, -0.15) is 0 Å². The topological polar surface area (TPSA) is 93.1 Å². The lowest BCUT2D eigenvalue weighted by Gasteiger charge is -2.15. The third-order valence-corrected chi connectivity index (χ3v) is 6.46. The number of benzene rings is 3. The van der Waals surface area contributed by atoms with Crippen molar-refractivity contribution in [3.8, 4) is 22.8 Å². The molecule has 0 fully saturated rings. The van der Waals surface area contributed by atoms with Crippen molar-refractivity contribution >= 4 is 29.0 Å². The number of carbonyl (C=O) groups excluding carboxylic acids is 1. The van der Waals surface area contributed by atoms with Crippen LogP contribution in [0.15, 0.2) is 73.1 Å². The van der Waals surface area contributed by atoms with Gasteiger partial charge in [0.15, 0.2) is 10.9 Å². The Labute approximate surface area is 247 Å². The standard InChI is InChI=1S/C30H31F3N6O2S/c1-3-4-7-22-10-9-20(2)17-26(22)36-29(42)37-28(40)34-16-15-21-6-5-8-23(18-21)27-35-19-39(38-27)24-11-13-25(14-12-24)41-30(31,32)33/h5-6,8-14,17-19H,3-4,7,15-16H2,1-2H3,(H3,34,36,37,40,42). The summed E-state index contributed by atoms with van der Waals surface area (Å²) in [4.78, 5) is 16.8. The minimum atomic E-state index is -4.75. The van der Waals surface area contributed by atoms with Gasteiger partial charge in [0.05, 0.1) is 5.69 Å². The van der Waals surface area contributed by atoms with Crippen LogP contribution in [0.25, 0.3) is 17.1 Å². The van der Waals surface area contributed by atoms with Gasteiger partial charge in [-0.25, -0.2) is 14.5 Å². The van der Waals surface area contributed by atoms with Gasteiger partial charge in [0, 0.05) is 17.8 Å². The molecule has 220 valence electrons. The van der Waals surface area contributed by atoms with Gasteiger partial charge in [-0.05, 0) is 91.5 Å². The number of rotatable bonds is 10. The zero-order valence-corrected chi connectivity index (χ0v) is 24.0. The van der Waals surface area contributed by atoms with Crippen molar-refractivity contribution in [3.63, 3.8) is 0 Å². The number of nitrogens with zero attached hydrogens (tertiary/aromatic N) is 3. The fourth-order valence-electron chi connectivity index (χ4n) is 4.20. The first-order valence-electron chi connectivity index (χ1n) is 13.4. The highest BCUT2D eigenvalue weighted by atomic mass is 32.1. The molecule has 0 radical (unpaired) electrons. The summed E-state index contributed by atoms with van der Waals surface area (Å²) in [5.74, 6) is 0.131. The van der Waals surface area contributed by atoms with Crippen molar-refractivity contribution < 1.29 is 22.7 Å². The highest BCUT2D eigenvalue weighted by Gasteiger charge is 2.31. The van der Waals surface area contributed by atoms with Crippen molar-refractivity contribution in [1.82, 2.24) is 25.4 Å². The smallest absolute Gasteiger partial charge is 0.406 e. The van der Waals surface area contributed by atoms with Crippen LogP contribution in [0.3, 0.4) is 0 Å². The Bertz CT molecular complexity index is 1520. The van der Waals surface area contributed by atoms with E-state index in [1.807, 2.05) is 37.3 Å². The lowest BCUT2D eigenvalue weighted by molar-refractivity contribution is -0.274. The molecule has 0 spiro atoms. The first kappa shape index (κ1) is 30.5. The van der Waals surface area contributed by atoms with Crippen LogP contribution in [0.5, 0.6) is 5.75 Å². The van der Waals surface area contributed by atoms with E-state index < -0.39 is 12.4 Å². The fraction of sp³-hybridized carbons (Fsp3) is 0.267. The normalized spacial score (nSPS) is 11.2. The quantitative estimate of drug-likeness (QED) is 0.176. The first-order chi connectivity index (χ1) is 20.1. The van der Waals surface area contributed by atoms with Crippen LogP contribution >= 0.6 is 12.2 Å². The summed E-state index contributed by atoms with van der Waals surface area (Å²) in [6.07, 6.45) is 0.362.